The second kappa shape index (κ2) is 9.03. The van der Waals surface area contributed by atoms with Crippen LogP contribution in [0, 0.1) is 0 Å². The lowest BCUT2D eigenvalue weighted by Crippen LogP contribution is -2.33. The highest BCUT2D eigenvalue weighted by atomic mass is 16.5. The molecule has 0 aliphatic carbocycles. The summed E-state index contributed by atoms with van der Waals surface area (Å²) in [6.07, 6.45) is 3.86. The Hall–Kier alpha value is -1.10. The van der Waals surface area contributed by atoms with Crippen LogP contribution in [0.3, 0.4) is 0 Å². The number of hydrogen-bond acceptors (Lipinski definition) is 4. The van der Waals surface area contributed by atoms with Crippen molar-refractivity contribution in [2.24, 2.45) is 0 Å². The SMILES string of the molecule is COc1cccc(CN(C)CCCOC2CCNCC2)c1. The largest absolute Gasteiger partial charge is 0.497 e. The molecule has 1 aromatic rings. The van der Waals surface area contributed by atoms with Gasteiger partial charge in [-0.1, -0.05) is 12.1 Å². The molecule has 0 spiro atoms. The molecule has 21 heavy (non-hydrogen) atoms. The van der Waals surface area contributed by atoms with Crippen molar-refractivity contribution in [2.75, 3.05) is 40.4 Å². The van der Waals surface area contributed by atoms with Gasteiger partial charge < -0.3 is 19.7 Å². The molecule has 1 saturated heterocycles. The summed E-state index contributed by atoms with van der Waals surface area (Å²) in [7, 11) is 3.87. The van der Waals surface area contributed by atoms with E-state index in [2.05, 4.69) is 29.4 Å². The molecule has 0 amide bonds. The lowest BCUT2D eigenvalue weighted by Gasteiger charge is -2.23. The minimum atomic E-state index is 0.468. The predicted molar refractivity (Wildman–Crippen MR) is 85.8 cm³/mol. The first-order valence-electron chi connectivity index (χ1n) is 7.91. The molecule has 118 valence electrons. The smallest absolute Gasteiger partial charge is 0.119 e. The van der Waals surface area contributed by atoms with Crippen molar-refractivity contribution in [3.63, 3.8) is 0 Å². The van der Waals surface area contributed by atoms with E-state index in [1.165, 1.54) is 5.56 Å². The molecule has 0 saturated carbocycles. The van der Waals surface area contributed by atoms with Gasteiger partial charge >= 0.3 is 0 Å². The highest BCUT2D eigenvalue weighted by Gasteiger charge is 2.12. The van der Waals surface area contributed by atoms with E-state index in [-0.39, 0.29) is 0 Å². The van der Waals surface area contributed by atoms with Crippen LogP contribution in [0.15, 0.2) is 24.3 Å². The average Bonchev–Trinajstić information content (AvgIpc) is 2.53. The maximum Gasteiger partial charge on any atom is 0.119 e. The Morgan fingerprint density at radius 1 is 1.29 bits per heavy atom. The van der Waals surface area contributed by atoms with Gasteiger partial charge in [-0.05, 0) is 57.1 Å². The second-order valence-corrected chi connectivity index (χ2v) is 5.76. The molecule has 1 heterocycles. The van der Waals surface area contributed by atoms with Crippen molar-refractivity contribution < 1.29 is 9.47 Å². The molecule has 1 aliphatic rings. The predicted octanol–water partition coefficient (Wildman–Crippen LogP) is 2.29. The molecule has 1 fully saturated rings. The van der Waals surface area contributed by atoms with Gasteiger partial charge in [0.15, 0.2) is 0 Å². The number of methoxy groups -OCH3 is 1. The summed E-state index contributed by atoms with van der Waals surface area (Å²) < 4.78 is 11.2. The molecule has 0 radical (unpaired) electrons. The van der Waals surface area contributed by atoms with Gasteiger partial charge in [-0.2, -0.15) is 0 Å². The number of nitrogens with one attached hydrogen (secondary N) is 1. The van der Waals surface area contributed by atoms with E-state index in [1.807, 2.05) is 12.1 Å². The van der Waals surface area contributed by atoms with Crippen molar-refractivity contribution in [2.45, 2.75) is 31.9 Å². The first-order valence-corrected chi connectivity index (χ1v) is 7.91. The summed E-state index contributed by atoms with van der Waals surface area (Å²) >= 11 is 0. The summed E-state index contributed by atoms with van der Waals surface area (Å²) in [6, 6.07) is 8.27. The lowest BCUT2D eigenvalue weighted by molar-refractivity contribution is 0.0284. The van der Waals surface area contributed by atoms with E-state index in [0.717, 1.165) is 57.8 Å². The summed E-state index contributed by atoms with van der Waals surface area (Å²) in [4.78, 5) is 2.33. The van der Waals surface area contributed by atoms with Crippen LogP contribution in [0.2, 0.25) is 0 Å². The number of hydrogen-bond donors (Lipinski definition) is 1. The molecule has 1 aromatic carbocycles. The Bertz CT molecular complexity index is 406. The number of piperidine rings is 1. The minimum absolute atomic E-state index is 0.468. The lowest BCUT2D eigenvalue weighted by atomic mass is 10.1. The fourth-order valence-corrected chi connectivity index (χ4v) is 2.71. The Kier molecular flexibility index (Phi) is 7.00. The van der Waals surface area contributed by atoms with Gasteiger partial charge in [-0.3, -0.25) is 0 Å². The quantitative estimate of drug-likeness (QED) is 0.745. The fraction of sp³-hybridized carbons (Fsp3) is 0.647. The molecule has 0 bridgehead atoms. The van der Waals surface area contributed by atoms with Crippen LogP contribution in [0.1, 0.15) is 24.8 Å². The Morgan fingerprint density at radius 2 is 2.10 bits per heavy atom. The number of benzene rings is 1. The Labute approximate surface area is 128 Å². The first-order chi connectivity index (χ1) is 10.3. The van der Waals surface area contributed by atoms with E-state index in [0.29, 0.717) is 6.10 Å². The molecule has 0 aromatic heterocycles. The zero-order valence-electron chi connectivity index (χ0n) is 13.3. The molecule has 1 aliphatic heterocycles. The van der Waals surface area contributed by atoms with Crippen LogP contribution in [0.5, 0.6) is 5.75 Å². The van der Waals surface area contributed by atoms with E-state index >= 15 is 0 Å². The van der Waals surface area contributed by atoms with Gasteiger partial charge in [0.2, 0.25) is 0 Å². The van der Waals surface area contributed by atoms with E-state index in [9.17, 15) is 0 Å². The third kappa shape index (κ3) is 6.04. The molecule has 0 atom stereocenters. The van der Waals surface area contributed by atoms with Gasteiger partial charge in [-0.15, -0.1) is 0 Å². The number of rotatable bonds is 8. The van der Waals surface area contributed by atoms with Gasteiger partial charge in [0.1, 0.15) is 5.75 Å². The van der Waals surface area contributed by atoms with Crippen molar-refractivity contribution >= 4 is 0 Å². The zero-order valence-corrected chi connectivity index (χ0v) is 13.3. The summed E-state index contributed by atoms with van der Waals surface area (Å²) in [6.45, 7) is 5.07. The maximum absolute atomic E-state index is 5.93. The summed E-state index contributed by atoms with van der Waals surface area (Å²) in [5, 5.41) is 3.36. The molecular formula is C17H28N2O2. The molecule has 1 N–H and O–H groups in total. The second-order valence-electron chi connectivity index (χ2n) is 5.76. The van der Waals surface area contributed by atoms with Crippen LogP contribution >= 0.6 is 0 Å². The highest BCUT2D eigenvalue weighted by molar-refractivity contribution is 5.28. The third-order valence-electron chi connectivity index (χ3n) is 3.91. The van der Waals surface area contributed by atoms with E-state index in [1.54, 1.807) is 7.11 Å². The van der Waals surface area contributed by atoms with Crippen molar-refractivity contribution in [1.82, 2.24) is 10.2 Å². The maximum atomic E-state index is 5.93. The first kappa shape index (κ1) is 16.3. The number of ether oxygens (including phenoxy) is 2. The Balaban J connectivity index is 1.61. The monoisotopic (exact) mass is 292 g/mol. The molecule has 0 unspecified atom stereocenters. The topological polar surface area (TPSA) is 33.7 Å². The average molecular weight is 292 g/mol. The van der Waals surface area contributed by atoms with Crippen LogP contribution in [-0.2, 0) is 11.3 Å². The van der Waals surface area contributed by atoms with Crippen molar-refractivity contribution in [3.05, 3.63) is 29.8 Å². The standard InChI is InChI=1S/C17H28N2O2/c1-19(14-15-5-3-6-17(13-15)20-2)11-4-12-21-16-7-9-18-10-8-16/h3,5-6,13,16,18H,4,7-12,14H2,1-2H3. The molecule has 4 heteroatoms. The van der Waals surface area contributed by atoms with Crippen LogP contribution in [0.4, 0.5) is 0 Å². The molecule has 4 nitrogen and oxygen atoms in total. The Morgan fingerprint density at radius 3 is 2.86 bits per heavy atom. The fourth-order valence-electron chi connectivity index (χ4n) is 2.71. The minimum Gasteiger partial charge on any atom is -0.497 e. The van der Waals surface area contributed by atoms with Crippen LogP contribution in [0.25, 0.3) is 0 Å². The van der Waals surface area contributed by atoms with Gasteiger partial charge in [0.05, 0.1) is 13.2 Å². The number of nitrogens with zero attached hydrogens (tertiary/aromatic N) is 1. The van der Waals surface area contributed by atoms with Gasteiger partial charge in [-0.25, -0.2) is 0 Å². The third-order valence-corrected chi connectivity index (χ3v) is 3.91. The summed E-state index contributed by atoms with van der Waals surface area (Å²) in [5.41, 5.74) is 1.29. The normalized spacial score (nSPS) is 16.3. The van der Waals surface area contributed by atoms with Gasteiger partial charge in [0, 0.05) is 19.7 Å². The highest BCUT2D eigenvalue weighted by Crippen LogP contribution is 2.14. The van der Waals surface area contributed by atoms with Crippen molar-refractivity contribution in [3.8, 4) is 5.75 Å². The van der Waals surface area contributed by atoms with Crippen LogP contribution < -0.4 is 10.1 Å². The van der Waals surface area contributed by atoms with Gasteiger partial charge in [0.25, 0.3) is 0 Å². The summed E-state index contributed by atoms with van der Waals surface area (Å²) in [5.74, 6) is 0.926. The molecule has 2 rings (SSSR count). The van der Waals surface area contributed by atoms with Crippen LogP contribution in [-0.4, -0.2) is 51.4 Å². The zero-order chi connectivity index (χ0) is 14.9. The van der Waals surface area contributed by atoms with Crippen molar-refractivity contribution in [1.29, 1.82) is 0 Å². The molecular weight excluding hydrogens is 264 g/mol. The van der Waals surface area contributed by atoms with E-state index < -0.39 is 0 Å². The van der Waals surface area contributed by atoms with E-state index in [4.69, 9.17) is 9.47 Å².